The molecule has 0 amide bonds. The highest BCUT2D eigenvalue weighted by Gasteiger charge is 2.16. The van der Waals surface area contributed by atoms with Crippen molar-refractivity contribution >= 4 is 49.4 Å². The largest absolute Gasteiger partial charge is 0.311 e. The van der Waals surface area contributed by atoms with Gasteiger partial charge in [0.2, 0.25) is 0 Å². The maximum atomic E-state index is 9.78. The van der Waals surface area contributed by atoms with Crippen LogP contribution in [0.2, 0.25) is 0 Å². The maximum Gasteiger partial charge on any atom is 0.0645 e. The van der Waals surface area contributed by atoms with Crippen LogP contribution in [0.5, 0.6) is 0 Å². The lowest BCUT2D eigenvalue weighted by Gasteiger charge is -2.26. The van der Waals surface area contributed by atoms with E-state index >= 15 is 0 Å². The van der Waals surface area contributed by atoms with Crippen molar-refractivity contribution in [1.82, 2.24) is 0 Å². The normalized spacial score (nSPS) is 16.1. The van der Waals surface area contributed by atoms with E-state index < -0.39 is 166 Å². The van der Waals surface area contributed by atoms with Gasteiger partial charge in [-0.3, -0.25) is 0 Å². The zero-order valence-electron chi connectivity index (χ0n) is 53.0. The van der Waals surface area contributed by atoms with E-state index in [0.717, 1.165) is 27.1 Å². The molecular weight excluding hydrogens is 735 g/mol. The van der Waals surface area contributed by atoms with Crippen LogP contribution in [-0.4, -0.2) is 0 Å². The van der Waals surface area contributed by atoms with E-state index in [9.17, 15) is 16.4 Å². The third-order valence-electron chi connectivity index (χ3n) is 10.4. The first kappa shape index (κ1) is 20.3. The molecule has 1 nitrogen and oxygen atoms in total. The predicted molar refractivity (Wildman–Crippen MR) is 261 cm³/mol. The Morgan fingerprint density at radius 3 is 1.34 bits per heavy atom. The summed E-state index contributed by atoms with van der Waals surface area (Å²) >= 11 is 0. The summed E-state index contributed by atoms with van der Waals surface area (Å²) in [4.78, 5) is 0.640. The van der Waals surface area contributed by atoms with Gasteiger partial charge in [-0.25, -0.2) is 0 Å². The number of hydrogen-bond donors (Lipinski definition) is 0. The molecule has 0 heterocycles. The van der Waals surface area contributed by atoms with E-state index in [1.165, 1.54) is 0 Å². The molecule has 0 aliphatic heterocycles. The Hall–Kier alpha value is -8.00. The Bertz CT molecular complexity index is 4460. The molecule has 0 spiro atoms. The first-order valence-electron chi connectivity index (χ1n) is 29.8. The molecule has 0 saturated heterocycles. The second-order valence-corrected chi connectivity index (χ2v) is 14.1. The Balaban J connectivity index is 1.19. The number of fused-ring (bicyclic) bond motifs is 4. The van der Waals surface area contributed by atoms with Crippen LogP contribution in [0.1, 0.15) is 28.8 Å². The summed E-state index contributed by atoms with van der Waals surface area (Å²) in [6.45, 7) is 0. The molecule has 286 valence electrons. The number of hydrogen-bond acceptors (Lipinski definition) is 1. The van der Waals surface area contributed by atoms with Crippen LogP contribution in [0.3, 0.4) is 0 Å². The van der Waals surface area contributed by atoms with E-state index in [1.807, 2.05) is 78.9 Å². The lowest BCUT2D eigenvalue weighted by atomic mass is 9.93. The molecule has 1 heteroatoms. The minimum absolute atomic E-state index is 0.174. The summed E-state index contributed by atoms with van der Waals surface area (Å²) in [6.07, 6.45) is 0. The first-order valence-corrected chi connectivity index (χ1v) is 19.3. The van der Waals surface area contributed by atoms with Gasteiger partial charge < -0.3 is 4.90 Å². The van der Waals surface area contributed by atoms with Gasteiger partial charge in [0.15, 0.2) is 0 Å². The van der Waals surface area contributed by atoms with E-state index in [1.54, 1.807) is 42.5 Å². The average molecular weight is 797 g/mol. The van der Waals surface area contributed by atoms with Crippen molar-refractivity contribution in [3.05, 3.63) is 248 Å². The van der Waals surface area contributed by atoms with Gasteiger partial charge in [0, 0.05) is 17.1 Å². The zero-order valence-corrected chi connectivity index (χ0v) is 32.0. The Labute approximate surface area is 386 Å². The van der Waals surface area contributed by atoms with E-state index in [0.29, 0.717) is 26.8 Å². The highest BCUT2D eigenvalue weighted by Crippen LogP contribution is 2.40. The number of rotatable bonds is 8. The molecule has 0 aliphatic carbocycles. The molecule has 0 N–H and O–H groups in total. The smallest absolute Gasteiger partial charge is 0.0645 e. The SMILES string of the molecule is [2H]c1c([2H])c([2H])c(-c2c([2H])c([2H])c(-c3c([2H])c([2H])c(N(c4c([2H])c([2H])c(-c5cccc(-c6cccc7ccccc67)c5)c([2H])c4[2H])c4c([2H])c([2H])c(-c5cc6ccccc6c6ccccc56)c([2H])c4[2H])c([2H])c3[2H])c([2H])c2[2H])c([2H])c1[2H]. The van der Waals surface area contributed by atoms with Crippen LogP contribution in [-0.2, 0) is 0 Å². The van der Waals surface area contributed by atoms with Crippen molar-refractivity contribution in [3.63, 3.8) is 0 Å². The van der Waals surface area contributed by atoms with E-state index in [-0.39, 0.29) is 16.7 Å². The van der Waals surface area contributed by atoms with Gasteiger partial charge in [-0.2, -0.15) is 0 Å². The molecule has 61 heavy (non-hydrogen) atoms. The van der Waals surface area contributed by atoms with Crippen LogP contribution >= 0.6 is 0 Å². The first-order chi connectivity index (χ1) is 39.0. The van der Waals surface area contributed by atoms with Crippen LogP contribution in [0.15, 0.2) is 248 Å². The molecule has 0 aliphatic rings. The fourth-order valence-corrected chi connectivity index (χ4v) is 7.51. The maximum absolute atomic E-state index is 9.78. The van der Waals surface area contributed by atoms with Crippen molar-refractivity contribution in [2.24, 2.45) is 0 Å². The monoisotopic (exact) mass is 796 g/mol. The quantitative estimate of drug-likeness (QED) is 0.138. The minimum Gasteiger partial charge on any atom is -0.311 e. The third-order valence-corrected chi connectivity index (χ3v) is 10.4. The highest BCUT2D eigenvalue weighted by atomic mass is 15.1. The molecule has 0 bridgehead atoms. The fourth-order valence-electron chi connectivity index (χ4n) is 7.51. The molecular formula is C60H41N. The Morgan fingerprint density at radius 1 is 0.262 bits per heavy atom. The van der Waals surface area contributed by atoms with Crippen molar-refractivity contribution in [2.75, 3.05) is 4.90 Å². The molecule has 0 radical (unpaired) electrons. The molecule has 0 aromatic heterocycles. The molecule has 11 aromatic carbocycles. The molecule has 0 fully saturated rings. The van der Waals surface area contributed by atoms with Crippen molar-refractivity contribution in [1.29, 1.82) is 0 Å². The summed E-state index contributed by atoms with van der Waals surface area (Å²) in [7, 11) is 0. The molecule has 0 atom stereocenters. The molecule has 11 rings (SSSR count). The molecule has 0 unspecified atom stereocenters. The average Bonchev–Trinajstić information content (AvgIpc) is 2.89. The summed E-state index contributed by atoms with van der Waals surface area (Å²) < 4.78 is 194. The minimum atomic E-state index is -1.08. The number of anilines is 3. The Morgan fingerprint density at radius 2 is 0.705 bits per heavy atom. The van der Waals surface area contributed by atoms with Crippen molar-refractivity contribution in [2.45, 2.75) is 0 Å². The van der Waals surface area contributed by atoms with E-state index in [4.69, 9.17) is 12.3 Å². The lowest BCUT2D eigenvalue weighted by molar-refractivity contribution is 1.28. The van der Waals surface area contributed by atoms with Gasteiger partial charge in [-0.05, 0) is 136 Å². The van der Waals surface area contributed by atoms with Crippen LogP contribution in [0.4, 0.5) is 17.1 Å². The second kappa shape index (κ2) is 15.6. The van der Waals surface area contributed by atoms with Gasteiger partial charge >= 0.3 is 0 Å². The van der Waals surface area contributed by atoms with Gasteiger partial charge in [-0.1, -0.05) is 200 Å². The van der Waals surface area contributed by atoms with Crippen LogP contribution in [0, 0.1) is 0 Å². The van der Waals surface area contributed by atoms with Gasteiger partial charge in [0.05, 0.1) is 28.8 Å². The third kappa shape index (κ3) is 6.93. The lowest BCUT2D eigenvalue weighted by Crippen LogP contribution is -2.09. The summed E-state index contributed by atoms with van der Waals surface area (Å²) in [5, 5.41) is 4.70. The molecule has 11 aromatic rings. The zero-order chi connectivity index (χ0) is 58.8. The standard InChI is InChI=1S/C60H41N/c1-2-12-42(13-3-1)43-24-26-44(27-25-43)45-28-34-52(35-29-45)61(54-38-32-48(33-39-54)60-41-51-15-5-7-20-57(51)58-21-8-9-22-59(58)60)53-36-30-46(31-37-53)49-17-10-18-50(40-49)56-23-11-16-47-14-4-6-19-55(47)56/h1-41H/i1D,2D,3D,12D,13D,24D,25D,26D,27D,28D,29D,30D,31D,32D,33D,34D,35D,36D,37D,38D,39D. The van der Waals surface area contributed by atoms with Gasteiger partial charge in [0.1, 0.15) is 0 Å². The van der Waals surface area contributed by atoms with Crippen molar-refractivity contribution < 1.29 is 28.8 Å². The Kier molecular flexibility index (Phi) is 5.21. The highest BCUT2D eigenvalue weighted by molar-refractivity contribution is 6.13. The van der Waals surface area contributed by atoms with E-state index in [2.05, 4.69) is 0 Å². The molecule has 0 saturated carbocycles. The van der Waals surface area contributed by atoms with Gasteiger partial charge in [0.25, 0.3) is 0 Å². The van der Waals surface area contributed by atoms with Gasteiger partial charge in [-0.15, -0.1) is 0 Å². The number of nitrogens with zero attached hydrogens (tertiary/aromatic N) is 1. The van der Waals surface area contributed by atoms with Crippen LogP contribution < -0.4 is 4.90 Å². The summed E-state index contributed by atoms with van der Waals surface area (Å²) in [5.74, 6) is 0. The summed E-state index contributed by atoms with van der Waals surface area (Å²) in [5.41, 5.74) is -3.80. The van der Waals surface area contributed by atoms with Crippen molar-refractivity contribution in [3.8, 4) is 55.6 Å². The van der Waals surface area contributed by atoms with Crippen LogP contribution in [0.25, 0.3) is 88.0 Å². The summed E-state index contributed by atoms with van der Waals surface area (Å²) in [6, 6.07) is 18.3. The number of benzene rings is 11. The fraction of sp³-hybridized carbons (Fsp3) is 0. The second-order valence-electron chi connectivity index (χ2n) is 14.1. The topological polar surface area (TPSA) is 3.24 Å². The predicted octanol–water partition coefficient (Wildman–Crippen LogP) is 17.0.